The average molecular weight is 242 g/mol. The van der Waals surface area contributed by atoms with Crippen LogP contribution in [0.15, 0.2) is 0 Å². The fourth-order valence-electron chi connectivity index (χ4n) is 2.41. The number of hydrogen-bond acceptors (Lipinski definition) is 3. The van der Waals surface area contributed by atoms with Gasteiger partial charge < -0.3 is 16.2 Å². The SMILES string of the molecule is CC(CO)CCCNC(=O)CC1(N)CCCC1. The molecule has 0 spiro atoms. The van der Waals surface area contributed by atoms with E-state index in [1.807, 2.05) is 6.92 Å². The minimum absolute atomic E-state index is 0.0750. The van der Waals surface area contributed by atoms with Crippen LogP contribution in [0.4, 0.5) is 0 Å². The smallest absolute Gasteiger partial charge is 0.221 e. The fraction of sp³-hybridized carbons (Fsp3) is 0.923. The molecule has 0 aliphatic heterocycles. The van der Waals surface area contributed by atoms with Gasteiger partial charge in [-0.3, -0.25) is 4.79 Å². The Balaban J connectivity index is 2.09. The summed E-state index contributed by atoms with van der Waals surface area (Å²) in [4.78, 5) is 11.7. The third-order valence-electron chi connectivity index (χ3n) is 3.62. The standard InChI is InChI=1S/C13H26N2O2/c1-11(10-16)5-4-8-15-12(17)9-13(14)6-2-3-7-13/h11,16H,2-10,14H2,1H3,(H,15,17). The Morgan fingerprint density at radius 3 is 2.71 bits per heavy atom. The minimum Gasteiger partial charge on any atom is -0.396 e. The first-order chi connectivity index (χ1) is 8.06. The molecule has 0 heterocycles. The van der Waals surface area contributed by atoms with E-state index in [1.165, 1.54) is 0 Å². The summed E-state index contributed by atoms with van der Waals surface area (Å²) < 4.78 is 0. The van der Waals surface area contributed by atoms with E-state index >= 15 is 0 Å². The summed E-state index contributed by atoms with van der Waals surface area (Å²) in [6.07, 6.45) is 6.58. The van der Waals surface area contributed by atoms with Gasteiger partial charge >= 0.3 is 0 Å². The highest BCUT2D eigenvalue weighted by molar-refractivity contribution is 5.77. The van der Waals surface area contributed by atoms with Gasteiger partial charge in [0.1, 0.15) is 0 Å². The number of hydrogen-bond donors (Lipinski definition) is 3. The predicted molar refractivity (Wildman–Crippen MR) is 68.5 cm³/mol. The number of rotatable bonds is 7. The Morgan fingerprint density at radius 1 is 1.47 bits per heavy atom. The molecule has 1 aliphatic carbocycles. The Bertz CT molecular complexity index is 238. The second-order valence-electron chi connectivity index (χ2n) is 5.53. The number of carbonyl (C=O) groups is 1. The van der Waals surface area contributed by atoms with Crippen LogP contribution in [-0.4, -0.2) is 29.7 Å². The summed E-state index contributed by atoms with van der Waals surface area (Å²) >= 11 is 0. The lowest BCUT2D eigenvalue weighted by atomic mass is 9.94. The number of aliphatic hydroxyl groups excluding tert-OH is 1. The van der Waals surface area contributed by atoms with Gasteiger partial charge in [-0.1, -0.05) is 19.8 Å². The third-order valence-corrected chi connectivity index (χ3v) is 3.62. The Labute approximate surface area is 104 Å². The lowest BCUT2D eigenvalue weighted by molar-refractivity contribution is -0.122. The summed E-state index contributed by atoms with van der Waals surface area (Å²) in [6.45, 7) is 2.92. The molecule has 17 heavy (non-hydrogen) atoms. The van der Waals surface area contributed by atoms with Crippen molar-refractivity contribution in [3.8, 4) is 0 Å². The van der Waals surface area contributed by atoms with Crippen molar-refractivity contribution >= 4 is 5.91 Å². The summed E-state index contributed by atoms with van der Waals surface area (Å²) in [5.74, 6) is 0.397. The van der Waals surface area contributed by atoms with Crippen molar-refractivity contribution < 1.29 is 9.90 Å². The quantitative estimate of drug-likeness (QED) is 0.587. The molecule has 0 aromatic rings. The van der Waals surface area contributed by atoms with E-state index in [2.05, 4.69) is 5.32 Å². The minimum atomic E-state index is -0.248. The molecule has 0 radical (unpaired) electrons. The zero-order valence-electron chi connectivity index (χ0n) is 10.9. The van der Waals surface area contributed by atoms with Crippen molar-refractivity contribution in [1.82, 2.24) is 5.32 Å². The Hall–Kier alpha value is -0.610. The second-order valence-corrected chi connectivity index (χ2v) is 5.53. The van der Waals surface area contributed by atoms with Crippen LogP contribution in [0, 0.1) is 5.92 Å². The maximum absolute atomic E-state index is 11.7. The highest BCUT2D eigenvalue weighted by Gasteiger charge is 2.31. The number of amides is 1. The van der Waals surface area contributed by atoms with Crippen LogP contribution in [0.2, 0.25) is 0 Å². The lowest BCUT2D eigenvalue weighted by Crippen LogP contribution is -2.42. The largest absolute Gasteiger partial charge is 0.396 e. The van der Waals surface area contributed by atoms with Crippen LogP contribution >= 0.6 is 0 Å². The summed E-state index contributed by atoms with van der Waals surface area (Å²) in [5, 5.41) is 11.8. The molecule has 4 N–H and O–H groups in total. The fourth-order valence-corrected chi connectivity index (χ4v) is 2.41. The van der Waals surface area contributed by atoms with Crippen LogP contribution in [-0.2, 0) is 4.79 Å². The molecule has 0 saturated heterocycles. The molecule has 1 saturated carbocycles. The van der Waals surface area contributed by atoms with E-state index in [0.717, 1.165) is 38.5 Å². The van der Waals surface area contributed by atoms with Crippen molar-refractivity contribution in [1.29, 1.82) is 0 Å². The molecule has 1 atom stereocenters. The number of nitrogens with two attached hydrogens (primary N) is 1. The van der Waals surface area contributed by atoms with Crippen LogP contribution < -0.4 is 11.1 Å². The normalized spacial score (nSPS) is 20.2. The maximum atomic E-state index is 11.7. The van der Waals surface area contributed by atoms with Gasteiger partial charge in [-0.05, 0) is 31.6 Å². The van der Waals surface area contributed by atoms with Gasteiger partial charge in [0.05, 0.1) is 0 Å². The highest BCUT2D eigenvalue weighted by atomic mass is 16.3. The monoisotopic (exact) mass is 242 g/mol. The highest BCUT2D eigenvalue weighted by Crippen LogP contribution is 2.29. The van der Waals surface area contributed by atoms with Gasteiger partial charge in [0, 0.05) is 25.1 Å². The lowest BCUT2D eigenvalue weighted by Gasteiger charge is -2.22. The second kappa shape index (κ2) is 6.97. The molecule has 100 valence electrons. The van der Waals surface area contributed by atoms with E-state index in [0.29, 0.717) is 18.9 Å². The van der Waals surface area contributed by atoms with Crippen LogP contribution in [0.3, 0.4) is 0 Å². The van der Waals surface area contributed by atoms with E-state index < -0.39 is 0 Å². The summed E-state index contributed by atoms with van der Waals surface area (Å²) in [7, 11) is 0. The van der Waals surface area contributed by atoms with Gasteiger partial charge in [0.2, 0.25) is 5.91 Å². The zero-order chi connectivity index (χ0) is 12.7. The molecular formula is C13H26N2O2. The zero-order valence-corrected chi connectivity index (χ0v) is 10.9. The first kappa shape index (κ1) is 14.5. The summed E-state index contributed by atoms with van der Waals surface area (Å²) in [6, 6.07) is 0. The molecule has 1 aliphatic rings. The Kier molecular flexibility index (Phi) is 5.92. The van der Waals surface area contributed by atoms with Crippen LogP contribution in [0.1, 0.15) is 51.9 Å². The number of aliphatic hydroxyl groups is 1. The molecule has 4 heteroatoms. The first-order valence-corrected chi connectivity index (χ1v) is 6.72. The predicted octanol–water partition coefficient (Wildman–Crippen LogP) is 1.17. The Morgan fingerprint density at radius 2 is 2.12 bits per heavy atom. The number of nitrogens with one attached hydrogen (secondary N) is 1. The van der Waals surface area contributed by atoms with Crippen LogP contribution in [0.5, 0.6) is 0 Å². The van der Waals surface area contributed by atoms with Crippen molar-refractivity contribution in [3.63, 3.8) is 0 Å². The number of carbonyl (C=O) groups excluding carboxylic acids is 1. The first-order valence-electron chi connectivity index (χ1n) is 6.72. The van der Waals surface area contributed by atoms with Gasteiger partial charge in [-0.15, -0.1) is 0 Å². The molecule has 0 aromatic carbocycles. The van der Waals surface area contributed by atoms with Gasteiger partial charge in [0.25, 0.3) is 0 Å². The van der Waals surface area contributed by atoms with Gasteiger partial charge in [-0.25, -0.2) is 0 Å². The molecule has 1 unspecified atom stereocenters. The molecule has 0 aromatic heterocycles. The molecule has 1 fully saturated rings. The third kappa shape index (κ3) is 5.50. The van der Waals surface area contributed by atoms with Gasteiger partial charge in [-0.2, -0.15) is 0 Å². The van der Waals surface area contributed by atoms with Gasteiger partial charge in [0.15, 0.2) is 0 Å². The summed E-state index contributed by atoms with van der Waals surface area (Å²) in [5.41, 5.74) is 5.89. The molecule has 0 bridgehead atoms. The van der Waals surface area contributed by atoms with E-state index in [9.17, 15) is 4.79 Å². The molecule has 1 amide bonds. The van der Waals surface area contributed by atoms with Crippen LogP contribution in [0.25, 0.3) is 0 Å². The van der Waals surface area contributed by atoms with Crippen molar-refractivity contribution in [2.45, 2.75) is 57.4 Å². The van der Waals surface area contributed by atoms with E-state index in [4.69, 9.17) is 10.8 Å². The molecular weight excluding hydrogens is 216 g/mol. The van der Waals surface area contributed by atoms with Crippen molar-refractivity contribution in [3.05, 3.63) is 0 Å². The average Bonchev–Trinajstić information content (AvgIpc) is 2.70. The van der Waals surface area contributed by atoms with Crippen molar-refractivity contribution in [2.75, 3.05) is 13.2 Å². The van der Waals surface area contributed by atoms with Crippen molar-refractivity contribution in [2.24, 2.45) is 11.7 Å². The maximum Gasteiger partial charge on any atom is 0.221 e. The van der Waals surface area contributed by atoms with E-state index in [-0.39, 0.29) is 18.1 Å². The topological polar surface area (TPSA) is 75.3 Å². The molecule has 1 rings (SSSR count). The molecule has 4 nitrogen and oxygen atoms in total. The van der Waals surface area contributed by atoms with E-state index in [1.54, 1.807) is 0 Å².